The van der Waals surface area contributed by atoms with Crippen LogP contribution >= 0.6 is 0 Å². The van der Waals surface area contributed by atoms with E-state index in [1.165, 1.54) is 5.56 Å². The van der Waals surface area contributed by atoms with Crippen molar-refractivity contribution in [3.63, 3.8) is 0 Å². The minimum atomic E-state index is -0.0285. The second-order valence-corrected chi connectivity index (χ2v) is 2.89. The van der Waals surface area contributed by atoms with E-state index in [-0.39, 0.29) is 5.78 Å². The molecule has 0 atom stereocenters. The molecule has 0 aliphatic carbocycles. The minimum absolute atomic E-state index is 0.0285. The third kappa shape index (κ3) is 2.50. The number of aryl methyl sites for hydroxylation is 1. The maximum atomic E-state index is 10.7. The minimum Gasteiger partial charge on any atom is -0.299 e. The number of ketones is 1. The summed E-state index contributed by atoms with van der Waals surface area (Å²) >= 11 is 0. The molecule has 1 rings (SSSR count). The van der Waals surface area contributed by atoms with E-state index in [1.807, 2.05) is 12.1 Å². The van der Waals surface area contributed by atoms with Gasteiger partial charge in [-0.15, -0.1) is 0 Å². The number of hydrogen-bond donors (Lipinski definition) is 0. The van der Waals surface area contributed by atoms with Gasteiger partial charge in [-0.3, -0.25) is 4.79 Å². The third-order valence-corrected chi connectivity index (χ3v) is 1.83. The van der Waals surface area contributed by atoms with Crippen LogP contribution in [0.15, 0.2) is 24.3 Å². The van der Waals surface area contributed by atoms with Gasteiger partial charge in [0.1, 0.15) is 5.78 Å². The summed E-state index contributed by atoms with van der Waals surface area (Å²) in [4.78, 5) is 10.7. The fraction of sp³-hybridized carbons (Fsp3) is 0.273. The highest BCUT2D eigenvalue weighted by molar-refractivity contribution is 5.84. The molecule has 0 saturated heterocycles. The summed E-state index contributed by atoms with van der Waals surface area (Å²) in [6.45, 7) is 5.45. The predicted molar refractivity (Wildman–Crippen MR) is 49.9 cm³/mol. The number of carbonyl (C=O) groups excluding carboxylic acids is 1. The van der Waals surface area contributed by atoms with E-state index in [0.717, 1.165) is 12.0 Å². The molecular formula is C11H13O. The van der Waals surface area contributed by atoms with Gasteiger partial charge in [-0.2, -0.15) is 0 Å². The van der Waals surface area contributed by atoms with Gasteiger partial charge in [0.15, 0.2) is 0 Å². The number of hydrogen-bond acceptors (Lipinski definition) is 1. The summed E-state index contributed by atoms with van der Waals surface area (Å²) < 4.78 is 0. The second kappa shape index (κ2) is 4.05. The fourth-order valence-corrected chi connectivity index (χ4v) is 1.12. The van der Waals surface area contributed by atoms with Gasteiger partial charge in [0, 0.05) is 13.3 Å². The highest BCUT2D eigenvalue weighted by Gasteiger charge is 1.96. The largest absolute Gasteiger partial charge is 0.299 e. The predicted octanol–water partition coefficient (Wildman–Crippen LogP) is 2.19. The molecule has 1 nitrogen and oxygen atoms in total. The van der Waals surface area contributed by atoms with E-state index in [9.17, 15) is 4.79 Å². The third-order valence-electron chi connectivity index (χ3n) is 1.83. The summed E-state index contributed by atoms with van der Waals surface area (Å²) in [5, 5.41) is 0. The zero-order valence-electron chi connectivity index (χ0n) is 7.34. The normalized spacial score (nSPS) is 9.83. The number of Topliss-reactive ketones (excluding diaryl/α,β-unsaturated/α-hetero) is 1. The zero-order chi connectivity index (χ0) is 8.97. The molecular weight excluding hydrogens is 148 g/mol. The van der Waals surface area contributed by atoms with Crippen molar-refractivity contribution < 1.29 is 4.79 Å². The van der Waals surface area contributed by atoms with Crippen molar-refractivity contribution in [2.75, 3.05) is 0 Å². The van der Waals surface area contributed by atoms with Gasteiger partial charge < -0.3 is 0 Å². The van der Waals surface area contributed by atoms with Crippen molar-refractivity contribution in [3.8, 4) is 0 Å². The molecule has 1 aromatic carbocycles. The molecule has 0 heterocycles. The van der Waals surface area contributed by atoms with Crippen molar-refractivity contribution >= 4 is 5.78 Å². The van der Waals surface area contributed by atoms with E-state index in [2.05, 4.69) is 26.0 Å². The first kappa shape index (κ1) is 8.98. The molecule has 1 aromatic rings. The maximum Gasteiger partial charge on any atom is 0.137 e. The molecule has 1 heteroatoms. The molecule has 0 fully saturated rings. The molecule has 0 N–H and O–H groups in total. The van der Waals surface area contributed by atoms with Gasteiger partial charge in [0.2, 0.25) is 0 Å². The Morgan fingerprint density at radius 1 is 1.25 bits per heavy atom. The van der Waals surface area contributed by atoms with Crippen molar-refractivity contribution in [2.45, 2.75) is 19.8 Å². The average molecular weight is 161 g/mol. The van der Waals surface area contributed by atoms with E-state index in [0.29, 0.717) is 6.42 Å². The van der Waals surface area contributed by atoms with Crippen LogP contribution in [0.1, 0.15) is 18.1 Å². The molecule has 0 unspecified atom stereocenters. The topological polar surface area (TPSA) is 17.1 Å². The van der Waals surface area contributed by atoms with Crippen molar-refractivity contribution in [3.05, 3.63) is 42.3 Å². The number of rotatable bonds is 3. The molecule has 0 aliphatic rings. The second-order valence-electron chi connectivity index (χ2n) is 2.89. The van der Waals surface area contributed by atoms with Crippen LogP contribution < -0.4 is 0 Å². The maximum absolute atomic E-state index is 10.7. The van der Waals surface area contributed by atoms with Gasteiger partial charge in [-0.05, 0) is 17.5 Å². The molecule has 0 bridgehead atoms. The monoisotopic (exact) mass is 161 g/mol. The van der Waals surface area contributed by atoms with Crippen LogP contribution in [0.25, 0.3) is 0 Å². The quantitative estimate of drug-likeness (QED) is 0.664. The molecule has 0 aromatic heterocycles. The molecule has 0 spiro atoms. The summed E-state index contributed by atoms with van der Waals surface area (Å²) in [5.41, 5.74) is 2.35. The Morgan fingerprint density at radius 2 is 1.75 bits per heavy atom. The van der Waals surface area contributed by atoms with Gasteiger partial charge in [0.25, 0.3) is 0 Å². The Bertz CT molecular complexity index is 259. The Balaban J connectivity index is 2.71. The molecule has 1 radical (unpaired) electrons. The van der Waals surface area contributed by atoms with Gasteiger partial charge in [0.05, 0.1) is 0 Å². The lowest BCUT2D eigenvalue weighted by atomic mass is 10.1. The Hall–Kier alpha value is -1.11. The molecule has 0 saturated carbocycles. The lowest BCUT2D eigenvalue weighted by molar-refractivity contribution is -0.114. The first-order chi connectivity index (χ1) is 5.72. The summed E-state index contributed by atoms with van der Waals surface area (Å²) in [6, 6.07) is 8.08. The lowest BCUT2D eigenvalue weighted by Crippen LogP contribution is -1.96. The highest BCUT2D eigenvalue weighted by atomic mass is 16.1. The Kier molecular flexibility index (Phi) is 3.03. The number of carbonyl (C=O) groups is 1. The van der Waals surface area contributed by atoms with Crippen LogP contribution in [0.5, 0.6) is 0 Å². The van der Waals surface area contributed by atoms with Crippen LogP contribution in [0.4, 0.5) is 0 Å². The summed E-state index contributed by atoms with van der Waals surface area (Å²) in [6.07, 6.45) is 1.49. The molecule has 12 heavy (non-hydrogen) atoms. The summed E-state index contributed by atoms with van der Waals surface area (Å²) in [7, 11) is 0. The Morgan fingerprint density at radius 3 is 2.17 bits per heavy atom. The zero-order valence-corrected chi connectivity index (χ0v) is 7.34. The van der Waals surface area contributed by atoms with E-state index < -0.39 is 0 Å². The first-order valence-electron chi connectivity index (χ1n) is 4.15. The standard InChI is InChI=1S/C11H13O/c1-3-10-4-6-11(7-5-10)8-9(2)12/h4-7H,2-3,8H2,1H3. The highest BCUT2D eigenvalue weighted by Crippen LogP contribution is 2.05. The number of benzene rings is 1. The van der Waals surface area contributed by atoms with Gasteiger partial charge in [-0.1, -0.05) is 31.2 Å². The first-order valence-corrected chi connectivity index (χ1v) is 4.15. The van der Waals surface area contributed by atoms with E-state index >= 15 is 0 Å². The van der Waals surface area contributed by atoms with Crippen molar-refractivity contribution in [2.24, 2.45) is 0 Å². The van der Waals surface area contributed by atoms with E-state index in [4.69, 9.17) is 0 Å². The van der Waals surface area contributed by atoms with E-state index in [1.54, 1.807) is 0 Å². The SMILES string of the molecule is [CH2]C(=O)Cc1ccc(CC)cc1. The molecule has 0 aliphatic heterocycles. The molecule has 0 amide bonds. The summed E-state index contributed by atoms with van der Waals surface area (Å²) in [5.74, 6) is -0.0285. The van der Waals surface area contributed by atoms with Crippen LogP contribution in [0.3, 0.4) is 0 Å². The lowest BCUT2D eigenvalue weighted by Gasteiger charge is -1.99. The van der Waals surface area contributed by atoms with Crippen LogP contribution in [0.2, 0.25) is 0 Å². The van der Waals surface area contributed by atoms with Gasteiger partial charge >= 0.3 is 0 Å². The smallest absolute Gasteiger partial charge is 0.137 e. The van der Waals surface area contributed by atoms with Crippen molar-refractivity contribution in [1.82, 2.24) is 0 Å². The average Bonchev–Trinajstić information content (AvgIpc) is 2.05. The van der Waals surface area contributed by atoms with Crippen LogP contribution in [-0.4, -0.2) is 5.78 Å². The fourth-order valence-electron chi connectivity index (χ4n) is 1.12. The van der Waals surface area contributed by atoms with Crippen LogP contribution in [0, 0.1) is 6.92 Å². The molecule has 63 valence electrons. The van der Waals surface area contributed by atoms with Crippen molar-refractivity contribution in [1.29, 1.82) is 0 Å². The Labute approximate surface area is 73.4 Å². The van der Waals surface area contributed by atoms with Crippen LogP contribution in [-0.2, 0) is 17.6 Å². The van der Waals surface area contributed by atoms with Gasteiger partial charge in [-0.25, -0.2) is 0 Å².